The first-order chi connectivity index (χ1) is 19.5. The number of carbonyl (C=O) groups is 1. The Morgan fingerprint density at radius 2 is 1.71 bits per heavy atom. The fourth-order valence-electron chi connectivity index (χ4n) is 4.55. The molecule has 3 aromatic rings. The molecule has 0 aliphatic carbocycles. The van der Waals surface area contributed by atoms with Crippen molar-refractivity contribution in [2.45, 2.75) is 64.4 Å². The summed E-state index contributed by atoms with van der Waals surface area (Å²) >= 11 is 0. The largest absolute Gasteiger partial charge is 0.464 e. The van der Waals surface area contributed by atoms with Crippen LogP contribution in [0.5, 0.6) is 11.5 Å². The third kappa shape index (κ3) is 7.90. The summed E-state index contributed by atoms with van der Waals surface area (Å²) in [6, 6.07) is 16.1. The van der Waals surface area contributed by atoms with E-state index in [2.05, 4.69) is 20.8 Å². The number of nitrogens with zero attached hydrogens (tertiary/aromatic N) is 2. The summed E-state index contributed by atoms with van der Waals surface area (Å²) in [4.78, 5) is 15.6. The van der Waals surface area contributed by atoms with Crippen LogP contribution in [0.25, 0.3) is 0 Å². The minimum Gasteiger partial charge on any atom is -0.464 e. The predicted molar refractivity (Wildman–Crippen MR) is 155 cm³/mol. The van der Waals surface area contributed by atoms with Crippen molar-refractivity contribution in [3.05, 3.63) is 77.2 Å². The first-order valence-electron chi connectivity index (χ1n) is 13.9. The Morgan fingerprint density at radius 1 is 0.976 bits per heavy atom. The smallest absolute Gasteiger partial charge is 0.243 e. The number of rotatable bonds is 13. The monoisotopic (exact) mass is 584 g/mol. The maximum Gasteiger partial charge on any atom is 0.243 e. The van der Waals surface area contributed by atoms with Crippen LogP contribution >= 0.6 is 0 Å². The van der Waals surface area contributed by atoms with Crippen molar-refractivity contribution < 1.29 is 31.8 Å². The number of benzene rings is 2. The van der Waals surface area contributed by atoms with Crippen LogP contribution in [0.2, 0.25) is 0 Å². The minimum absolute atomic E-state index is 0.116. The molecule has 1 aromatic heterocycles. The highest BCUT2D eigenvalue weighted by Crippen LogP contribution is 2.33. The van der Waals surface area contributed by atoms with Crippen molar-refractivity contribution >= 4 is 15.9 Å². The second-order valence-electron chi connectivity index (χ2n) is 11.1. The van der Waals surface area contributed by atoms with Crippen LogP contribution in [0.15, 0.2) is 63.9 Å². The molecule has 1 aliphatic heterocycles. The number of fused-ring (bicyclic) bond motifs is 1. The van der Waals surface area contributed by atoms with E-state index < -0.39 is 10.0 Å². The zero-order valence-electron chi connectivity index (χ0n) is 24.5. The van der Waals surface area contributed by atoms with Gasteiger partial charge in [0, 0.05) is 26.3 Å². The van der Waals surface area contributed by atoms with E-state index in [1.54, 1.807) is 17.0 Å². The number of sulfonamides is 1. The first-order valence-corrected chi connectivity index (χ1v) is 15.3. The molecule has 0 bridgehead atoms. The van der Waals surface area contributed by atoms with Crippen LogP contribution in [0.3, 0.4) is 0 Å². The van der Waals surface area contributed by atoms with Gasteiger partial charge in [0.15, 0.2) is 11.5 Å². The molecule has 2 heterocycles. The van der Waals surface area contributed by atoms with Crippen LogP contribution in [0.4, 0.5) is 0 Å². The van der Waals surface area contributed by atoms with Gasteiger partial charge in [-0.05, 0) is 73.2 Å². The number of hydrogen-bond donors (Lipinski definition) is 0. The lowest BCUT2D eigenvalue weighted by Gasteiger charge is -2.27. The molecule has 2 aromatic carbocycles. The predicted octanol–water partition coefficient (Wildman–Crippen LogP) is 5.26. The quantitative estimate of drug-likeness (QED) is 0.253. The van der Waals surface area contributed by atoms with Gasteiger partial charge in [0.05, 0.1) is 18.0 Å². The third-order valence-corrected chi connectivity index (χ3v) is 8.74. The summed E-state index contributed by atoms with van der Waals surface area (Å²) in [5.41, 5.74) is 1.74. The molecule has 0 atom stereocenters. The molecule has 1 aliphatic rings. The summed E-state index contributed by atoms with van der Waals surface area (Å²) in [7, 11) is -3.96. The molecule has 0 saturated heterocycles. The summed E-state index contributed by atoms with van der Waals surface area (Å²) in [6.45, 7) is 11.3. The van der Waals surface area contributed by atoms with Crippen molar-refractivity contribution in [1.29, 1.82) is 0 Å². The van der Waals surface area contributed by atoms with E-state index in [1.807, 2.05) is 56.3 Å². The van der Waals surface area contributed by atoms with E-state index in [0.29, 0.717) is 36.9 Å². The van der Waals surface area contributed by atoms with Crippen LogP contribution in [-0.4, -0.2) is 56.6 Å². The Labute approximate surface area is 243 Å². The molecular formula is C31H40N2O7S. The highest BCUT2D eigenvalue weighted by molar-refractivity contribution is 7.89. The molecule has 0 saturated carbocycles. The van der Waals surface area contributed by atoms with E-state index in [4.69, 9.17) is 18.6 Å². The number of furan rings is 1. The molecule has 0 N–H and O–H groups in total. The van der Waals surface area contributed by atoms with Gasteiger partial charge in [-0.3, -0.25) is 4.79 Å². The molecule has 222 valence electrons. The van der Waals surface area contributed by atoms with Crippen molar-refractivity contribution in [2.75, 3.05) is 33.1 Å². The van der Waals surface area contributed by atoms with Gasteiger partial charge in [0.1, 0.15) is 11.5 Å². The van der Waals surface area contributed by atoms with Crippen molar-refractivity contribution in [1.82, 2.24) is 9.21 Å². The van der Waals surface area contributed by atoms with Crippen LogP contribution in [-0.2, 0) is 38.1 Å². The average Bonchev–Trinajstić information content (AvgIpc) is 3.57. The molecule has 4 rings (SSSR count). The van der Waals surface area contributed by atoms with Gasteiger partial charge >= 0.3 is 0 Å². The third-order valence-electron chi connectivity index (χ3n) is 6.88. The molecule has 0 unspecified atom stereocenters. The normalized spacial score (nSPS) is 13.1. The number of amides is 1. The summed E-state index contributed by atoms with van der Waals surface area (Å²) in [6.07, 6.45) is 0.458. The lowest BCUT2D eigenvalue weighted by molar-refractivity contribution is -0.133. The molecule has 1 amide bonds. The second-order valence-corrected chi connectivity index (χ2v) is 13.1. The molecule has 9 nitrogen and oxygen atoms in total. The molecular weight excluding hydrogens is 544 g/mol. The molecule has 0 radical (unpaired) electrons. The van der Waals surface area contributed by atoms with Gasteiger partial charge in [0.25, 0.3) is 0 Å². The fraction of sp³-hybridized carbons (Fsp3) is 0.452. The Balaban J connectivity index is 1.59. The van der Waals surface area contributed by atoms with Gasteiger partial charge in [0.2, 0.25) is 22.7 Å². The van der Waals surface area contributed by atoms with E-state index in [1.165, 1.54) is 4.31 Å². The van der Waals surface area contributed by atoms with E-state index >= 15 is 0 Å². The maximum absolute atomic E-state index is 13.8. The highest BCUT2D eigenvalue weighted by atomic mass is 32.2. The van der Waals surface area contributed by atoms with Gasteiger partial charge in [-0.1, -0.05) is 39.0 Å². The number of hydrogen-bond acceptors (Lipinski definition) is 7. The number of ether oxygens (including phenoxy) is 3. The molecule has 0 spiro atoms. The molecule has 0 fully saturated rings. The van der Waals surface area contributed by atoms with Gasteiger partial charge < -0.3 is 23.5 Å². The van der Waals surface area contributed by atoms with Gasteiger partial charge in [-0.25, -0.2) is 8.42 Å². The fourth-order valence-corrected chi connectivity index (χ4v) is 5.98. The Bertz CT molecular complexity index is 1430. The van der Waals surface area contributed by atoms with Crippen molar-refractivity contribution in [3.8, 4) is 11.5 Å². The van der Waals surface area contributed by atoms with E-state index in [0.717, 1.165) is 16.9 Å². The Kier molecular flexibility index (Phi) is 9.78. The van der Waals surface area contributed by atoms with Crippen LogP contribution in [0, 0.1) is 6.92 Å². The first kappa shape index (κ1) is 30.6. The topological polar surface area (TPSA) is 98.5 Å². The van der Waals surface area contributed by atoms with Gasteiger partial charge in [-0.2, -0.15) is 4.31 Å². The van der Waals surface area contributed by atoms with Crippen LogP contribution < -0.4 is 9.47 Å². The van der Waals surface area contributed by atoms with Crippen molar-refractivity contribution in [3.63, 3.8) is 0 Å². The zero-order valence-corrected chi connectivity index (χ0v) is 25.3. The average molecular weight is 585 g/mol. The minimum atomic E-state index is -3.96. The number of carbonyl (C=O) groups excluding carboxylic acids is 1. The Morgan fingerprint density at radius 3 is 2.37 bits per heavy atom. The van der Waals surface area contributed by atoms with E-state index in [9.17, 15) is 13.2 Å². The number of aryl methyl sites for hydroxylation is 1. The SMILES string of the molecule is CCOCCCN(CC(=O)N(Cc1ccc2c(c1)OCO2)Cc1ccc(C)o1)S(=O)(=O)c1ccc(C(C)(C)C)cc1. The van der Waals surface area contributed by atoms with Crippen LogP contribution in [0.1, 0.15) is 56.8 Å². The molecule has 41 heavy (non-hydrogen) atoms. The summed E-state index contributed by atoms with van der Waals surface area (Å²) in [5, 5.41) is 0. The zero-order chi connectivity index (χ0) is 29.6. The molecule has 10 heteroatoms. The standard InChI is InChI=1S/C31H40N2O7S/c1-6-37-17-7-16-33(41(35,36)27-13-10-25(11-14-27)31(3,4)5)21-30(34)32(20-26-12-8-23(2)40-26)19-24-9-15-28-29(18-24)39-22-38-28/h8-15,18H,6-7,16-17,19-22H2,1-5H3. The highest BCUT2D eigenvalue weighted by Gasteiger charge is 2.29. The van der Waals surface area contributed by atoms with E-state index in [-0.39, 0.29) is 49.2 Å². The maximum atomic E-state index is 13.8. The lowest BCUT2D eigenvalue weighted by Crippen LogP contribution is -2.43. The van der Waals surface area contributed by atoms with Gasteiger partial charge in [-0.15, -0.1) is 0 Å². The lowest BCUT2D eigenvalue weighted by atomic mass is 9.87. The summed E-state index contributed by atoms with van der Waals surface area (Å²) in [5.74, 6) is 2.26. The van der Waals surface area contributed by atoms with Crippen molar-refractivity contribution in [2.24, 2.45) is 0 Å². The second kappa shape index (κ2) is 13.1. The Hall–Kier alpha value is -3.34. The summed E-state index contributed by atoms with van der Waals surface area (Å²) < 4.78 is 51.0.